The third-order valence-electron chi connectivity index (χ3n) is 3.28. The van der Waals surface area contributed by atoms with Gasteiger partial charge in [-0.3, -0.25) is 0 Å². The molecule has 0 aromatic heterocycles. The molecule has 0 aliphatic carbocycles. The Morgan fingerprint density at radius 2 is 2.20 bits per heavy atom. The fraction of sp³-hybridized carbons (Fsp3) is 0.500. The van der Waals surface area contributed by atoms with Crippen molar-refractivity contribution in [3.63, 3.8) is 0 Å². The van der Waals surface area contributed by atoms with Gasteiger partial charge in [0.25, 0.3) is 0 Å². The minimum Gasteiger partial charge on any atom is -0.444 e. The van der Waals surface area contributed by atoms with E-state index in [-0.39, 0.29) is 6.09 Å². The highest BCUT2D eigenvalue weighted by molar-refractivity contribution is 5.68. The van der Waals surface area contributed by atoms with Gasteiger partial charge < -0.3 is 9.64 Å². The average molecular weight is 272 g/mol. The maximum Gasteiger partial charge on any atom is 0.410 e. The summed E-state index contributed by atoms with van der Waals surface area (Å²) in [6.07, 6.45) is 0.941. The standard InChI is InChI=1S/C16H20N2O2/c1-16(2,3)20-15(19)18-10-8-14-12(7-9-17)5-4-6-13(14)11-18/h4-6H,7-8,10-11H2,1-3H3. The molecule has 106 valence electrons. The van der Waals surface area contributed by atoms with E-state index in [2.05, 4.69) is 6.07 Å². The van der Waals surface area contributed by atoms with Crippen LogP contribution in [0.4, 0.5) is 4.79 Å². The molecule has 0 spiro atoms. The molecule has 1 aromatic rings. The van der Waals surface area contributed by atoms with Gasteiger partial charge in [0.1, 0.15) is 5.60 Å². The van der Waals surface area contributed by atoms with Gasteiger partial charge in [0, 0.05) is 13.1 Å². The molecule has 4 heteroatoms. The third kappa shape index (κ3) is 3.30. The first kappa shape index (κ1) is 14.4. The number of hydrogen-bond acceptors (Lipinski definition) is 3. The van der Waals surface area contributed by atoms with E-state index in [4.69, 9.17) is 10.00 Å². The van der Waals surface area contributed by atoms with Crippen LogP contribution in [-0.2, 0) is 24.1 Å². The van der Waals surface area contributed by atoms with Gasteiger partial charge in [-0.05, 0) is 43.9 Å². The van der Waals surface area contributed by atoms with Crippen molar-refractivity contribution in [1.82, 2.24) is 4.90 Å². The molecule has 2 rings (SSSR count). The summed E-state index contributed by atoms with van der Waals surface area (Å²) in [4.78, 5) is 13.8. The number of carbonyl (C=O) groups is 1. The van der Waals surface area contributed by atoms with Crippen LogP contribution in [0.3, 0.4) is 0 Å². The molecular weight excluding hydrogens is 252 g/mol. The summed E-state index contributed by atoms with van der Waals surface area (Å²) in [6.45, 7) is 6.81. The number of benzene rings is 1. The Bertz CT molecular complexity index is 553. The minimum atomic E-state index is -0.472. The first-order valence-electron chi connectivity index (χ1n) is 6.85. The van der Waals surface area contributed by atoms with Crippen molar-refractivity contribution in [2.45, 2.75) is 45.8 Å². The van der Waals surface area contributed by atoms with E-state index in [1.165, 1.54) is 5.56 Å². The summed E-state index contributed by atoms with van der Waals surface area (Å²) >= 11 is 0. The lowest BCUT2D eigenvalue weighted by atomic mass is 9.93. The summed E-state index contributed by atoms with van der Waals surface area (Å²) in [7, 11) is 0. The van der Waals surface area contributed by atoms with Crippen molar-refractivity contribution in [2.24, 2.45) is 0 Å². The van der Waals surface area contributed by atoms with Crippen LogP contribution in [0.1, 0.15) is 37.5 Å². The molecule has 1 amide bonds. The smallest absolute Gasteiger partial charge is 0.410 e. The Morgan fingerprint density at radius 3 is 2.85 bits per heavy atom. The highest BCUT2D eigenvalue weighted by Gasteiger charge is 2.26. The van der Waals surface area contributed by atoms with Gasteiger partial charge in [-0.15, -0.1) is 0 Å². The topological polar surface area (TPSA) is 53.3 Å². The summed E-state index contributed by atoms with van der Waals surface area (Å²) in [5.74, 6) is 0. The van der Waals surface area contributed by atoms with Crippen LogP contribution in [0.25, 0.3) is 0 Å². The van der Waals surface area contributed by atoms with Gasteiger partial charge in [0.05, 0.1) is 12.5 Å². The predicted molar refractivity (Wildman–Crippen MR) is 76.1 cm³/mol. The molecule has 4 nitrogen and oxygen atoms in total. The fourth-order valence-corrected chi connectivity index (χ4v) is 2.42. The third-order valence-corrected chi connectivity index (χ3v) is 3.28. The number of nitriles is 1. The van der Waals surface area contributed by atoms with Crippen molar-refractivity contribution >= 4 is 6.09 Å². The second kappa shape index (κ2) is 5.54. The largest absolute Gasteiger partial charge is 0.444 e. The molecule has 0 fully saturated rings. The van der Waals surface area contributed by atoms with Gasteiger partial charge in [-0.25, -0.2) is 4.79 Å². The number of hydrogen-bond donors (Lipinski definition) is 0. The maximum atomic E-state index is 12.1. The Hall–Kier alpha value is -2.02. The molecule has 0 radical (unpaired) electrons. The van der Waals surface area contributed by atoms with E-state index >= 15 is 0 Å². The van der Waals surface area contributed by atoms with E-state index in [1.807, 2.05) is 39.0 Å². The van der Waals surface area contributed by atoms with Crippen LogP contribution >= 0.6 is 0 Å². The molecular formula is C16H20N2O2. The number of ether oxygens (including phenoxy) is 1. The SMILES string of the molecule is CC(C)(C)OC(=O)N1CCc2c(CC#N)cccc2C1. The lowest BCUT2D eigenvalue weighted by molar-refractivity contribution is 0.0223. The van der Waals surface area contributed by atoms with Crippen molar-refractivity contribution in [3.8, 4) is 6.07 Å². The highest BCUT2D eigenvalue weighted by Crippen LogP contribution is 2.24. The number of rotatable bonds is 1. The predicted octanol–water partition coefficient (Wildman–Crippen LogP) is 3.05. The summed E-state index contributed by atoms with van der Waals surface area (Å²) in [6, 6.07) is 8.15. The van der Waals surface area contributed by atoms with Crippen molar-refractivity contribution in [1.29, 1.82) is 5.26 Å². The van der Waals surface area contributed by atoms with Crippen LogP contribution in [0.2, 0.25) is 0 Å². The quantitative estimate of drug-likeness (QED) is 0.789. The van der Waals surface area contributed by atoms with Gasteiger partial charge in [0.15, 0.2) is 0 Å². The second-order valence-electron chi connectivity index (χ2n) is 6.04. The van der Waals surface area contributed by atoms with E-state index in [9.17, 15) is 4.79 Å². The number of carbonyl (C=O) groups excluding carboxylic acids is 1. The zero-order valence-corrected chi connectivity index (χ0v) is 12.3. The van der Waals surface area contributed by atoms with Gasteiger partial charge >= 0.3 is 6.09 Å². The Kier molecular flexibility index (Phi) is 3.99. The monoisotopic (exact) mass is 272 g/mol. The lowest BCUT2D eigenvalue weighted by Gasteiger charge is -2.32. The first-order valence-corrected chi connectivity index (χ1v) is 6.85. The molecule has 0 unspecified atom stereocenters. The average Bonchev–Trinajstić information content (AvgIpc) is 2.37. The highest BCUT2D eigenvalue weighted by atomic mass is 16.6. The molecule has 0 N–H and O–H groups in total. The first-order chi connectivity index (χ1) is 9.40. The maximum absolute atomic E-state index is 12.1. The van der Waals surface area contributed by atoms with E-state index in [0.717, 1.165) is 17.5 Å². The minimum absolute atomic E-state index is 0.270. The Balaban J connectivity index is 2.14. The van der Waals surface area contributed by atoms with Crippen molar-refractivity contribution < 1.29 is 9.53 Å². The molecule has 1 heterocycles. The van der Waals surface area contributed by atoms with Gasteiger partial charge in [-0.1, -0.05) is 18.2 Å². The van der Waals surface area contributed by atoms with Crippen LogP contribution in [0.5, 0.6) is 0 Å². The number of amides is 1. The zero-order chi connectivity index (χ0) is 14.8. The van der Waals surface area contributed by atoms with E-state index in [1.54, 1.807) is 4.90 Å². The van der Waals surface area contributed by atoms with Crippen molar-refractivity contribution in [3.05, 3.63) is 34.9 Å². The molecule has 1 aliphatic rings. The zero-order valence-electron chi connectivity index (χ0n) is 12.3. The fourth-order valence-electron chi connectivity index (χ4n) is 2.42. The summed E-state index contributed by atoms with van der Waals surface area (Å²) in [5, 5.41) is 8.85. The second-order valence-corrected chi connectivity index (χ2v) is 6.04. The summed E-state index contributed by atoms with van der Waals surface area (Å²) in [5.41, 5.74) is 2.94. The molecule has 1 aliphatic heterocycles. The molecule has 0 saturated heterocycles. The van der Waals surface area contributed by atoms with Gasteiger partial charge in [0.2, 0.25) is 0 Å². The van der Waals surface area contributed by atoms with Crippen LogP contribution < -0.4 is 0 Å². The molecule has 1 aromatic carbocycles. The molecule has 0 atom stereocenters. The number of nitrogens with zero attached hydrogens (tertiary/aromatic N) is 2. The Labute approximate surface area is 120 Å². The molecule has 20 heavy (non-hydrogen) atoms. The Morgan fingerprint density at radius 1 is 1.45 bits per heavy atom. The van der Waals surface area contributed by atoms with Crippen molar-refractivity contribution in [2.75, 3.05) is 6.54 Å². The van der Waals surface area contributed by atoms with Crippen LogP contribution in [0.15, 0.2) is 18.2 Å². The molecule has 0 saturated carbocycles. The molecule has 0 bridgehead atoms. The lowest BCUT2D eigenvalue weighted by Crippen LogP contribution is -2.40. The van der Waals surface area contributed by atoms with E-state index in [0.29, 0.717) is 19.5 Å². The van der Waals surface area contributed by atoms with E-state index < -0.39 is 5.60 Å². The van der Waals surface area contributed by atoms with Crippen LogP contribution in [-0.4, -0.2) is 23.1 Å². The van der Waals surface area contributed by atoms with Gasteiger partial charge in [-0.2, -0.15) is 5.26 Å². The van der Waals surface area contributed by atoms with Crippen LogP contribution in [0, 0.1) is 11.3 Å². The number of fused-ring (bicyclic) bond motifs is 1. The summed E-state index contributed by atoms with van der Waals surface area (Å²) < 4.78 is 5.40. The normalized spacial score (nSPS) is 14.4.